The molecule has 1 heterocycles. The van der Waals surface area contributed by atoms with Gasteiger partial charge in [0.2, 0.25) is 0 Å². The van der Waals surface area contributed by atoms with Gasteiger partial charge in [0.15, 0.2) is 0 Å². The van der Waals surface area contributed by atoms with Crippen molar-refractivity contribution >= 4 is 26.7 Å². The summed E-state index contributed by atoms with van der Waals surface area (Å²) in [5, 5.41) is 0. The van der Waals surface area contributed by atoms with Gasteiger partial charge in [-0.3, -0.25) is 0 Å². The fourth-order valence-electron chi connectivity index (χ4n) is 2.78. The summed E-state index contributed by atoms with van der Waals surface area (Å²) in [4.78, 5) is 0. The summed E-state index contributed by atoms with van der Waals surface area (Å²) in [5.74, 6) is 3.32. The number of hydrogen-bond donors (Lipinski definition) is 0. The summed E-state index contributed by atoms with van der Waals surface area (Å²) in [6, 6.07) is 25.5. The van der Waals surface area contributed by atoms with Gasteiger partial charge in [0.05, 0.1) is 0 Å². The van der Waals surface area contributed by atoms with Crippen molar-refractivity contribution in [1.82, 2.24) is 0 Å². The Balaban J connectivity index is 1.71. The number of aryl methyl sites for hydroxylation is 2. The molecule has 0 radical (unpaired) electrons. The predicted octanol–water partition coefficient (Wildman–Crippen LogP) is 5.84. The Labute approximate surface area is 158 Å². The van der Waals surface area contributed by atoms with E-state index in [1.54, 1.807) is 6.26 Å². The fraction of sp³-hybridized carbons (Fsp3) is 0.182. The first-order chi connectivity index (χ1) is 12.2. The topological polar surface area (TPSA) is 13.1 Å². The van der Waals surface area contributed by atoms with E-state index in [1.165, 1.54) is 23.5 Å². The van der Waals surface area contributed by atoms with E-state index >= 15 is 0 Å². The molecule has 0 bridgehead atoms. The summed E-state index contributed by atoms with van der Waals surface area (Å²) in [6.07, 6.45) is 8.45. The van der Waals surface area contributed by atoms with Crippen LogP contribution in [0.15, 0.2) is 89.3 Å². The first kappa shape index (κ1) is 18.2. The van der Waals surface area contributed by atoms with Crippen LogP contribution in [-0.2, 0) is 12.8 Å². The Morgan fingerprint density at radius 2 is 1.32 bits per heavy atom. The summed E-state index contributed by atoms with van der Waals surface area (Å²) >= 11 is 3.58. The van der Waals surface area contributed by atoms with Crippen molar-refractivity contribution < 1.29 is 4.42 Å². The molecule has 0 amide bonds. The van der Waals surface area contributed by atoms with Gasteiger partial charge in [0, 0.05) is 0 Å². The van der Waals surface area contributed by atoms with Gasteiger partial charge in [-0.05, 0) is 0 Å². The Morgan fingerprint density at radius 1 is 0.760 bits per heavy atom. The molecule has 0 fully saturated rings. The quantitative estimate of drug-likeness (QED) is 0.334. The molecule has 128 valence electrons. The zero-order chi connectivity index (χ0) is 17.4. The summed E-state index contributed by atoms with van der Waals surface area (Å²) < 4.78 is 5.47. The van der Waals surface area contributed by atoms with Crippen LogP contribution in [0.3, 0.4) is 0 Å². The predicted molar refractivity (Wildman–Crippen MR) is 110 cm³/mol. The minimum atomic E-state index is -1.31. The van der Waals surface area contributed by atoms with Crippen LogP contribution in [0.4, 0.5) is 0 Å². The van der Waals surface area contributed by atoms with Gasteiger partial charge in [0.1, 0.15) is 0 Å². The van der Waals surface area contributed by atoms with Gasteiger partial charge < -0.3 is 0 Å². The molecule has 3 rings (SSSR count). The Bertz CT molecular complexity index is 775. The van der Waals surface area contributed by atoms with Crippen molar-refractivity contribution in [2.24, 2.45) is 0 Å². The summed E-state index contributed by atoms with van der Waals surface area (Å²) in [6.45, 7) is 0. The maximum atomic E-state index is 5.47. The molecule has 1 nitrogen and oxygen atoms in total. The summed E-state index contributed by atoms with van der Waals surface area (Å²) in [7, 11) is 0. The Hall–Kier alpha value is -1.59. The van der Waals surface area contributed by atoms with Gasteiger partial charge in [-0.25, -0.2) is 0 Å². The molecule has 0 saturated heterocycles. The molecular weight excluding hydrogens is 390 g/mol. The van der Waals surface area contributed by atoms with Crippen LogP contribution in [0.25, 0.3) is 6.08 Å². The first-order valence-corrected chi connectivity index (χ1v) is 13.1. The molecular formula is C22H23OPSe. The Kier molecular flexibility index (Phi) is 6.70. The number of rotatable bonds is 8. The number of benzene rings is 2. The molecule has 2 aromatic carbocycles. The monoisotopic (exact) mass is 414 g/mol. The van der Waals surface area contributed by atoms with E-state index in [-0.39, 0.29) is 0 Å². The van der Waals surface area contributed by atoms with Crippen LogP contribution in [0.5, 0.6) is 0 Å². The van der Waals surface area contributed by atoms with Crippen LogP contribution in [0.1, 0.15) is 16.9 Å². The molecule has 0 aliphatic heterocycles. The van der Waals surface area contributed by atoms with E-state index in [0.29, 0.717) is 0 Å². The zero-order valence-electron chi connectivity index (χ0n) is 14.3. The average molecular weight is 413 g/mol. The van der Waals surface area contributed by atoms with E-state index < -0.39 is 5.51 Å². The molecule has 3 aromatic rings. The first-order valence-electron chi connectivity index (χ1n) is 8.62. The van der Waals surface area contributed by atoms with Gasteiger partial charge in [-0.2, -0.15) is 0 Å². The normalized spacial score (nSPS) is 11.8. The van der Waals surface area contributed by atoms with E-state index in [2.05, 4.69) is 87.7 Å². The SMILES string of the molecule is [Se]=P(/C=C/c1ccco1)(CCc1ccccc1)CCc1ccccc1. The second-order valence-electron chi connectivity index (χ2n) is 6.20. The molecule has 0 unspecified atom stereocenters. The standard InChI is InChI=1S/C22H23OPSe/c25-24(19-15-22-12-7-16-23-22,17-13-20-8-3-1-4-9-20)18-14-21-10-5-2-6-11-21/h1-12,15-16,19H,13-14,17-18H2/b19-15+. The van der Waals surface area contributed by atoms with E-state index in [9.17, 15) is 0 Å². The van der Waals surface area contributed by atoms with Crippen molar-refractivity contribution in [1.29, 1.82) is 0 Å². The molecule has 0 aliphatic carbocycles. The van der Waals surface area contributed by atoms with Gasteiger partial charge >= 0.3 is 158 Å². The summed E-state index contributed by atoms with van der Waals surface area (Å²) in [5.41, 5.74) is 1.51. The molecule has 25 heavy (non-hydrogen) atoms. The third-order valence-electron chi connectivity index (χ3n) is 4.30. The van der Waals surface area contributed by atoms with Crippen molar-refractivity contribution in [3.8, 4) is 0 Å². The van der Waals surface area contributed by atoms with Gasteiger partial charge in [0.25, 0.3) is 0 Å². The van der Waals surface area contributed by atoms with Gasteiger partial charge in [-0.15, -0.1) is 0 Å². The molecule has 1 aromatic heterocycles. The van der Waals surface area contributed by atoms with E-state index in [4.69, 9.17) is 4.42 Å². The zero-order valence-corrected chi connectivity index (χ0v) is 16.9. The molecule has 0 aliphatic rings. The second-order valence-corrected chi connectivity index (χ2v) is 13.9. The van der Waals surface area contributed by atoms with Crippen LogP contribution in [0.2, 0.25) is 0 Å². The Morgan fingerprint density at radius 3 is 1.80 bits per heavy atom. The van der Waals surface area contributed by atoms with E-state index in [0.717, 1.165) is 18.6 Å². The minimum absolute atomic E-state index is 0.930. The van der Waals surface area contributed by atoms with E-state index in [1.807, 2.05) is 12.1 Å². The third kappa shape index (κ3) is 6.01. The second kappa shape index (κ2) is 9.20. The average Bonchev–Trinajstić information content (AvgIpc) is 3.19. The molecule has 0 saturated carbocycles. The molecule has 0 atom stereocenters. The van der Waals surface area contributed by atoms with Crippen molar-refractivity contribution in [3.05, 3.63) is 102 Å². The van der Waals surface area contributed by atoms with Crippen LogP contribution in [-0.4, -0.2) is 27.4 Å². The number of furan rings is 1. The van der Waals surface area contributed by atoms with Crippen LogP contribution >= 0.6 is 5.51 Å². The van der Waals surface area contributed by atoms with Crippen molar-refractivity contribution in [2.45, 2.75) is 12.8 Å². The molecule has 0 spiro atoms. The van der Waals surface area contributed by atoms with Crippen LogP contribution in [0, 0.1) is 0 Å². The fourth-order valence-corrected chi connectivity index (χ4v) is 6.53. The van der Waals surface area contributed by atoms with Gasteiger partial charge in [-0.1, -0.05) is 0 Å². The van der Waals surface area contributed by atoms with Crippen molar-refractivity contribution in [2.75, 3.05) is 12.3 Å². The third-order valence-corrected chi connectivity index (χ3v) is 10.0. The molecule has 3 heteroatoms. The number of hydrogen-bond acceptors (Lipinski definition) is 1. The maximum absolute atomic E-state index is 5.47. The van der Waals surface area contributed by atoms with Crippen LogP contribution < -0.4 is 0 Å². The molecule has 0 N–H and O–H groups in total. The van der Waals surface area contributed by atoms with Crippen molar-refractivity contribution in [3.63, 3.8) is 0 Å².